The molecule has 2 aromatic rings. The first kappa shape index (κ1) is 17.5. The van der Waals surface area contributed by atoms with Gasteiger partial charge in [-0.1, -0.05) is 30.3 Å². The van der Waals surface area contributed by atoms with Gasteiger partial charge in [0, 0.05) is 18.9 Å². The topological polar surface area (TPSA) is 55.3 Å². The Labute approximate surface area is 149 Å². The van der Waals surface area contributed by atoms with Crippen molar-refractivity contribution in [1.82, 2.24) is 14.9 Å². The molecule has 1 amide bonds. The number of ether oxygens (including phenoxy) is 1. The molecular weight excluding hydrogens is 314 g/mol. The van der Waals surface area contributed by atoms with Crippen molar-refractivity contribution in [2.75, 3.05) is 0 Å². The molecule has 25 heavy (non-hydrogen) atoms. The molecule has 0 bridgehead atoms. The van der Waals surface area contributed by atoms with Gasteiger partial charge in [0.2, 0.25) is 0 Å². The van der Waals surface area contributed by atoms with Crippen LogP contribution in [0.1, 0.15) is 50.2 Å². The lowest BCUT2D eigenvalue weighted by molar-refractivity contribution is -0.0785. The standard InChI is InChI=1S/C20H25N3O2/c1-19(2)12-17(20(3,4)25-19)23(14-15-8-6-5-7-9-15)18(24)16-13-21-10-11-22-16/h5-11,13,17H,12,14H2,1-4H3/t17-/m1/s1. The van der Waals surface area contributed by atoms with E-state index in [1.54, 1.807) is 12.4 Å². The number of carbonyl (C=O) groups excluding carboxylic acids is 1. The summed E-state index contributed by atoms with van der Waals surface area (Å²) in [6.07, 6.45) is 5.42. The van der Waals surface area contributed by atoms with Gasteiger partial charge in [-0.05, 0) is 39.7 Å². The molecule has 0 saturated carbocycles. The number of amides is 1. The van der Waals surface area contributed by atoms with E-state index in [0.29, 0.717) is 12.2 Å². The molecule has 132 valence electrons. The monoisotopic (exact) mass is 339 g/mol. The number of rotatable bonds is 4. The molecule has 1 fully saturated rings. The summed E-state index contributed by atoms with van der Waals surface area (Å²) in [6, 6.07) is 9.97. The minimum absolute atomic E-state index is 0.0442. The first-order valence-corrected chi connectivity index (χ1v) is 8.60. The Morgan fingerprint density at radius 1 is 1.20 bits per heavy atom. The minimum atomic E-state index is -0.434. The third-order valence-corrected chi connectivity index (χ3v) is 4.64. The lowest BCUT2D eigenvalue weighted by Crippen LogP contribution is -2.49. The second kappa shape index (κ2) is 6.56. The molecule has 2 heterocycles. The Morgan fingerprint density at radius 2 is 1.92 bits per heavy atom. The Hall–Kier alpha value is -2.27. The number of hydrogen-bond donors (Lipinski definition) is 0. The second-order valence-electron chi connectivity index (χ2n) is 7.69. The maximum atomic E-state index is 13.2. The van der Waals surface area contributed by atoms with Gasteiger partial charge in [0.05, 0.1) is 23.4 Å². The van der Waals surface area contributed by atoms with Crippen molar-refractivity contribution in [3.8, 4) is 0 Å². The van der Waals surface area contributed by atoms with Crippen molar-refractivity contribution in [2.45, 2.75) is 57.9 Å². The molecular formula is C20H25N3O2. The Morgan fingerprint density at radius 3 is 2.48 bits per heavy atom. The molecule has 3 rings (SSSR count). The molecule has 0 N–H and O–H groups in total. The van der Waals surface area contributed by atoms with Crippen LogP contribution >= 0.6 is 0 Å². The molecule has 0 spiro atoms. The predicted octanol–water partition coefficient (Wildman–Crippen LogP) is 3.47. The number of aromatic nitrogens is 2. The van der Waals surface area contributed by atoms with Crippen molar-refractivity contribution in [3.05, 3.63) is 60.2 Å². The van der Waals surface area contributed by atoms with Gasteiger partial charge < -0.3 is 9.64 Å². The maximum absolute atomic E-state index is 13.2. The summed E-state index contributed by atoms with van der Waals surface area (Å²) in [5.41, 5.74) is 0.737. The van der Waals surface area contributed by atoms with Gasteiger partial charge in [-0.3, -0.25) is 9.78 Å². The van der Waals surface area contributed by atoms with Crippen molar-refractivity contribution in [3.63, 3.8) is 0 Å². The van der Waals surface area contributed by atoms with Gasteiger partial charge in [0.1, 0.15) is 5.69 Å². The van der Waals surface area contributed by atoms with Crippen LogP contribution in [0.4, 0.5) is 0 Å². The van der Waals surface area contributed by atoms with Crippen LogP contribution in [0.2, 0.25) is 0 Å². The highest BCUT2D eigenvalue weighted by molar-refractivity contribution is 5.92. The summed E-state index contributed by atoms with van der Waals surface area (Å²) >= 11 is 0. The minimum Gasteiger partial charge on any atom is -0.367 e. The zero-order valence-electron chi connectivity index (χ0n) is 15.3. The summed E-state index contributed by atoms with van der Waals surface area (Å²) in [5, 5.41) is 0. The zero-order valence-corrected chi connectivity index (χ0v) is 15.3. The molecule has 5 nitrogen and oxygen atoms in total. The van der Waals surface area contributed by atoms with Crippen LogP contribution in [0.3, 0.4) is 0 Å². The summed E-state index contributed by atoms with van der Waals surface area (Å²) < 4.78 is 6.22. The summed E-state index contributed by atoms with van der Waals surface area (Å²) in [7, 11) is 0. The fourth-order valence-electron chi connectivity index (χ4n) is 3.68. The predicted molar refractivity (Wildman–Crippen MR) is 96.0 cm³/mol. The van der Waals surface area contributed by atoms with E-state index < -0.39 is 5.60 Å². The molecule has 0 aliphatic carbocycles. The Balaban J connectivity index is 1.96. The van der Waals surface area contributed by atoms with Crippen molar-refractivity contribution in [1.29, 1.82) is 0 Å². The highest BCUT2D eigenvalue weighted by atomic mass is 16.5. The van der Waals surface area contributed by atoms with E-state index in [1.807, 2.05) is 49.1 Å². The largest absolute Gasteiger partial charge is 0.367 e. The van der Waals surface area contributed by atoms with E-state index in [9.17, 15) is 4.79 Å². The highest BCUT2D eigenvalue weighted by Crippen LogP contribution is 2.41. The van der Waals surface area contributed by atoms with Crippen molar-refractivity contribution < 1.29 is 9.53 Å². The second-order valence-corrected chi connectivity index (χ2v) is 7.69. The van der Waals surface area contributed by atoms with Gasteiger partial charge in [-0.15, -0.1) is 0 Å². The average molecular weight is 339 g/mol. The van der Waals surface area contributed by atoms with E-state index in [1.165, 1.54) is 6.20 Å². The summed E-state index contributed by atoms with van der Waals surface area (Å²) in [4.78, 5) is 23.3. The smallest absolute Gasteiger partial charge is 0.274 e. The van der Waals surface area contributed by atoms with Gasteiger partial charge >= 0.3 is 0 Å². The number of hydrogen-bond acceptors (Lipinski definition) is 4. The van der Waals surface area contributed by atoms with Gasteiger partial charge in [0.25, 0.3) is 5.91 Å². The van der Waals surface area contributed by atoms with Crippen molar-refractivity contribution in [2.24, 2.45) is 0 Å². The van der Waals surface area contributed by atoms with Gasteiger partial charge in [0.15, 0.2) is 0 Å². The van der Waals surface area contributed by atoms with Crippen LogP contribution < -0.4 is 0 Å². The fraction of sp³-hybridized carbons (Fsp3) is 0.450. The lowest BCUT2D eigenvalue weighted by Gasteiger charge is -2.36. The molecule has 1 aliphatic rings. The van der Waals surface area contributed by atoms with Crippen LogP contribution in [0.15, 0.2) is 48.9 Å². The van der Waals surface area contributed by atoms with Crippen LogP contribution in [0, 0.1) is 0 Å². The lowest BCUT2D eigenvalue weighted by atomic mass is 9.92. The Bertz CT molecular complexity index is 729. The first-order chi connectivity index (χ1) is 11.8. The third kappa shape index (κ3) is 3.87. The summed E-state index contributed by atoms with van der Waals surface area (Å²) in [6.45, 7) is 8.76. The molecule has 1 aromatic heterocycles. The molecule has 0 radical (unpaired) electrons. The van der Waals surface area contributed by atoms with E-state index in [0.717, 1.165) is 12.0 Å². The van der Waals surface area contributed by atoms with E-state index in [-0.39, 0.29) is 17.6 Å². The van der Waals surface area contributed by atoms with Crippen LogP contribution in [0.25, 0.3) is 0 Å². The number of carbonyl (C=O) groups is 1. The van der Waals surface area contributed by atoms with Crippen LogP contribution in [-0.4, -0.2) is 38.0 Å². The SMILES string of the molecule is CC1(C)C[C@@H](N(Cc2ccccc2)C(=O)c2cnccn2)C(C)(C)O1. The van der Waals surface area contributed by atoms with Crippen LogP contribution in [-0.2, 0) is 11.3 Å². The average Bonchev–Trinajstić information content (AvgIpc) is 2.81. The molecule has 1 aromatic carbocycles. The Kier molecular flexibility index (Phi) is 4.60. The quantitative estimate of drug-likeness (QED) is 0.856. The zero-order chi connectivity index (χ0) is 18.1. The molecule has 1 saturated heterocycles. The molecule has 1 atom stereocenters. The van der Waals surface area contributed by atoms with E-state index >= 15 is 0 Å². The fourth-order valence-corrected chi connectivity index (χ4v) is 3.68. The highest BCUT2D eigenvalue weighted by Gasteiger charge is 2.49. The first-order valence-electron chi connectivity index (χ1n) is 8.60. The number of benzene rings is 1. The maximum Gasteiger partial charge on any atom is 0.274 e. The van der Waals surface area contributed by atoms with E-state index in [4.69, 9.17) is 4.74 Å². The molecule has 1 aliphatic heterocycles. The van der Waals surface area contributed by atoms with E-state index in [2.05, 4.69) is 23.8 Å². The van der Waals surface area contributed by atoms with Gasteiger partial charge in [-0.25, -0.2) is 4.98 Å². The molecule has 5 heteroatoms. The van der Waals surface area contributed by atoms with Gasteiger partial charge in [-0.2, -0.15) is 0 Å². The van der Waals surface area contributed by atoms with Crippen LogP contribution in [0.5, 0.6) is 0 Å². The molecule has 0 unspecified atom stereocenters. The van der Waals surface area contributed by atoms with Crippen molar-refractivity contribution >= 4 is 5.91 Å². The normalized spacial score (nSPS) is 21.0. The summed E-state index contributed by atoms with van der Waals surface area (Å²) in [5.74, 6) is -0.115. The number of nitrogens with zero attached hydrogens (tertiary/aromatic N) is 3. The third-order valence-electron chi connectivity index (χ3n) is 4.64.